The van der Waals surface area contributed by atoms with Gasteiger partial charge in [-0.1, -0.05) is 24.3 Å². The van der Waals surface area contributed by atoms with Crippen molar-refractivity contribution in [2.45, 2.75) is 11.7 Å². The lowest BCUT2D eigenvalue weighted by Gasteiger charge is -2.13. The molecule has 1 atom stereocenters. The summed E-state index contributed by atoms with van der Waals surface area (Å²) in [6.45, 7) is 0. The van der Waals surface area contributed by atoms with E-state index in [0.717, 1.165) is 12.3 Å². The van der Waals surface area contributed by atoms with Gasteiger partial charge in [-0.3, -0.25) is 4.79 Å². The fraction of sp³-hybridized carbons (Fsp3) is 0.154. The van der Waals surface area contributed by atoms with Gasteiger partial charge in [0.05, 0.1) is 0 Å². The summed E-state index contributed by atoms with van der Waals surface area (Å²) < 4.78 is 25.3. The van der Waals surface area contributed by atoms with Crippen LogP contribution in [0.15, 0.2) is 48.4 Å². The van der Waals surface area contributed by atoms with Crippen LogP contribution >= 0.6 is 0 Å². The van der Waals surface area contributed by atoms with Crippen molar-refractivity contribution in [2.24, 2.45) is 0 Å². The number of hydrogen-bond donors (Lipinski definition) is 2. The molecule has 0 amide bonds. The Bertz CT molecular complexity index is 800. The smallest absolute Gasteiger partial charge is 0.371 e. The van der Waals surface area contributed by atoms with Crippen molar-refractivity contribution < 1.29 is 28.2 Å². The fourth-order valence-electron chi connectivity index (χ4n) is 1.76. The number of nitrogens with zero attached hydrogens (tertiary/aromatic N) is 2. The summed E-state index contributed by atoms with van der Waals surface area (Å²) in [6, 6.07) is 1.13. The molecule has 1 heterocycles. The summed E-state index contributed by atoms with van der Waals surface area (Å²) in [4.78, 5) is 22.1. The Morgan fingerprint density at radius 2 is 2.05 bits per heavy atom. The summed E-state index contributed by atoms with van der Waals surface area (Å²) in [7, 11) is -3.80. The van der Waals surface area contributed by atoms with Crippen LogP contribution in [0.5, 0.6) is 0 Å². The molecule has 9 heteroatoms. The largest absolute Gasteiger partial charge is 0.502 e. The number of carbonyl (C=O) groups is 2. The first-order valence-electron chi connectivity index (χ1n) is 6.14. The number of allylic oxidation sites excluding steroid dienone is 4. The van der Waals surface area contributed by atoms with Crippen molar-refractivity contribution in [1.82, 2.24) is 9.19 Å². The summed E-state index contributed by atoms with van der Waals surface area (Å²) >= 11 is 0. The molecule has 0 aromatic carbocycles. The van der Waals surface area contributed by atoms with E-state index in [1.165, 1.54) is 6.08 Å². The van der Waals surface area contributed by atoms with Crippen molar-refractivity contribution in [3.05, 3.63) is 54.1 Å². The predicted molar refractivity (Wildman–Crippen MR) is 75.9 cm³/mol. The van der Waals surface area contributed by atoms with E-state index in [-0.39, 0.29) is 5.69 Å². The Labute approximate surface area is 125 Å². The Morgan fingerprint density at radius 1 is 1.32 bits per heavy atom. The molecule has 22 heavy (non-hydrogen) atoms. The van der Waals surface area contributed by atoms with Crippen molar-refractivity contribution in [3.63, 3.8) is 0 Å². The average Bonchev–Trinajstić information content (AvgIpc) is 2.98. The monoisotopic (exact) mass is 324 g/mol. The first kappa shape index (κ1) is 15.7. The molecule has 116 valence electrons. The van der Waals surface area contributed by atoms with E-state index in [2.05, 4.69) is 5.10 Å². The molecule has 0 aliphatic heterocycles. The van der Waals surface area contributed by atoms with E-state index in [1.807, 2.05) is 0 Å². The van der Waals surface area contributed by atoms with Crippen LogP contribution in [0.4, 0.5) is 0 Å². The first-order valence-corrected chi connectivity index (χ1v) is 7.64. The number of aliphatic carboxylic acids is 1. The Balaban J connectivity index is 2.26. The van der Waals surface area contributed by atoms with Gasteiger partial charge in [-0.05, 0) is 12.5 Å². The van der Waals surface area contributed by atoms with Crippen LogP contribution in [0.25, 0.3) is 0 Å². The number of aromatic nitrogens is 2. The molecular weight excluding hydrogens is 312 g/mol. The van der Waals surface area contributed by atoms with E-state index >= 15 is 0 Å². The average molecular weight is 324 g/mol. The molecule has 2 rings (SSSR count). The first-order chi connectivity index (χ1) is 10.3. The molecule has 0 bridgehead atoms. The third kappa shape index (κ3) is 3.14. The highest BCUT2D eigenvalue weighted by atomic mass is 32.2. The van der Waals surface area contributed by atoms with Crippen molar-refractivity contribution in [2.75, 3.05) is 0 Å². The topological polar surface area (TPSA) is 127 Å². The maximum Gasteiger partial charge on any atom is 0.371 e. The standard InChI is InChI=1S/C13H12N2O6S/c16-11(8-12(17)13(18)19)10-6-7-15(14-10)22(20,21)9-4-2-1-3-5-9/h1-4,6-9,17H,5H2,(H,18,19). The molecule has 2 N–H and O–H groups in total. The Hall–Kier alpha value is -2.68. The van der Waals surface area contributed by atoms with E-state index in [9.17, 15) is 18.0 Å². The SMILES string of the molecule is O=C(O)C(O)=CC(=O)c1ccn(S(=O)(=O)C2C=CC=CC2)n1. The van der Waals surface area contributed by atoms with Gasteiger partial charge in [0.2, 0.25) is 11.5 Å². The summed E-state index contributed by atoms with van der Waals surface area (Å²) in [5, 5.41) is 20.3. The second-order valence-corrected chi connectivity index (χ2v) is 6.41. The zero-order chi connectivity index (χ0) is 16.3. The zero-order valence-electron chi connectivity index (χ0n) is 11.2. The third-order valence-electron chi connectivity index (χ3n) is 2.89. The molecule has 0 spiro atoms. The molecule has 0 saturated carbocycles. The molecule has 1 aliphatic carbocycles. The Kier molecular flexibility index (Phi) is 4.27. The predicted octanol–water partition coefficient (Wildman–Crippen LogP) is 0.655. The number of aliphatic hydroxyl groups excluding tert-OH is 1. The number of carboxylic acid groups (broad SMARTS) is 1. The lowest BCUT2D eigenvalue weighted by atomic mass is 10.2. The maximum absolute atomic E-state index is 12.3. The molecule has 0 saturated heterocycles. The van der Waals surface area contributed by atoms with Crippen LogP contribution in [0, 0.1) is 0 Å². The van der Waals surface area contributed by atoms with Gasteiger partial charge in [-0.25, -0.2) is 13.2 Å². The fourth-order valence-corrected chi connectivity index (χ4v) is 3.11. The van der Waals surface area contributed by atoms with Gasteiger partial charge in [0.1, 0.15) is 10.9 Å². The highest BCUT2D eigenvalue weighted by Crippen LogP contribution is 2.16. The number of hydrogen-bond acceptors (Lipinski definition) is 6. The van der Waals surface area contributed by atoms with E-state index in [1.54, 1.807) is 18.2 Å². The van der Waals surface area contributed by atoms with Gasteiger partial charge in [-0.2, -0.15) is 9.19 Å². The van der Waals surface area contributed by atoms with Crippen LogP contribution in [0.1, 0.15) is 16.9 Å². The molecule has 1 unspecified atom stereocenters. The van der Waals surface area contributed by atoms with Crippen LogP contribution in [0.3, 0.4) is 0 Å². The lowest BCUT2D eigenvalue weighted by Crippen LogP contribution is -2.27. The number of carboxylic acids is 1. The minimum atomic E-state index is -3.80. The van der Waals surface area contributed by atoms with Crippen LogP contribution in [-0.4, -0.2) is 44.8 Å². The van der Waals surface area contributed by atoms with Gasteiger partial charge in [0.15, 0.2) is 0 Å². The van der Waals surface area contributed by atoms with Gasteiger partial charge in [0.25, 0.3) is 10.0 Å². The number of aliphatic hydroxyl groups is 1. The van der Waals surface area contributed by atoms with Crippen molar-refractivity contribution in [1.29, 1.82) is 0 Å². The summed E-state index contributed by atoms with van der Waals surface area (Å²) in [5.74, 6) is -3.73. The Morgan fingerprint density at radius 3 is 2.64 bits per heavy atom. The van der Waals surface area contributed by atoms with Crippen molar-refractivity contribution >= 4 is 21.8 Å². The highest BCUT2D eigenvalue weighted by molar-refractivity contribution is 7.90. The number of ketones is 1. The highest BCUT2D eigenvalue weighted by Gasteiger charge is 2.26. The van der Waals surface area contributed by atoms with Crippen molar-refractivity contribution in [3.8, 4) is 0 Å². The van der Waals surface area contributed by atoms with Crippen LogP contribution < -0.4 is 0 Å². The lowest BCUT2D eigenvalue weighted by molar-refractivity contribution is -0.135. The molecule has 8 nitrogen and oxygen atoms in total. The molecular formula is C13H12N2O6S. The van der Waals surface area contributed by atoms with E-state index < -0.39 is 32.8 Å². The molecule has 0 radical (unpaired) electrons. The van der Waals surface area contributed by atoms with Gasteiger partial charge in [0, 0.05) is 12.3 Å². The molecule has 1 aromatic heterocycles. The quantitative estimate of drug-likeness (QED) is 0.462. The second kappa shape index (κ2) is 5.98. The van der Waals surface area contributed by atoms with Crippen LogP contribution in [-0.2, 0) is 14.8 Å². The minimum absolute atomic E-state index is 0.285. The summed E-state index contributed by atoms with van der Waals surface area (Å²) in [5.41, 5.74) is -0.285. The zero-order valence-corrected chi connectivity index (χ0v) is 12.0. The molecule has 1 aromatic rings. The van der Waals surface area contributed by atoms with Crippen LogP contribution in [0.2, 0.25) is 0 Å². The maximum atomic E-state index is 12.3. The normalized spacial score (nSPS) is 18.4. The third-order valence-corrected chi connectivity index (χ3v) is 4.73. The van der Waals surface area contributed by atoms with E-state index in [4.69, 9.17) is 10.2 Å². The number of carbonyl (C=O) groups excluding carboxylic acids is 1. The number of rotatable bonds is 5. The molecule has 1 aliphatic rings. The van der Waals surface area contributed by atoms with Gasteiger partial charge in [-0.15, -0.1) is 0 Å². The van der Waals surface area contributed by atoms with E-state index in [0.29, 0.717) is 16.6 Å². The summed E-state index contributed by atoms with van der Waals surface area (Å²) in [6.07, 6.45) is 8.39. The van der Waals surface area contributed by atoms with Gasteiger partial charge < -0.3 is 10.2 Å². The molecule has 0 fully saturated rings. The minimum Gasteiger partial charge on any atom is -0.502 e. The van der Waals surface area contributed by atoms with Gasteiger partial charge >= 0.3 is 5.97 Å². The second-order valence-electron chi connectivity index (χ2n) is 4.40.